The van der Waals surface area contributed by atoms with E-state index in [1.165, 1.54) is 37.8 Å². The zero-order valence-corrected chi connectivity index (χ0v) is 18.8. The number of hydrogen-bond donors (Lipinski definition) is 0. The fourth-order valence-corrected chi connectivity index (χ4v) is 3.92. The second kappa shape index (κ2) is 11.5. The van der Waals surface area contributed by atoms with E-state index in [0.717, 1.165) is 37.8 Å². The summed E-state index contributed by atoms with van der Waals surface area (Å²) in [6, 6.07) is 4.37. The highest BCUT2D eigenvalue weighted by atomic mass is 19.4. The molecule has 10 heteroatoms. The Morgan fingerprint density at radius 1 is 0.941 bits per heavy atom. The summed E-state index contributed by atoms with van der Waals surface area (Å²) in [5, 5.41) is 0. The first-order valence-corrected chi connectivity index (χ1v) is 11.3. The number of hydrogen-bond acceptors (Lipinski definition) is 2. The first kappa shape index (κ1) is 28.1. The van der Waals surface area contributed by atoms with E-state index in [0.29, 0.717) is 17.6 Å². The number of rotatable bonds is 11. The third-order valence-corrected chi connectivity index (χ3v) is 5.98. The van der Waals surface area contributed by atoms with Gasteiger partial charge in [0.25, 0.3) is 0 Å². The molecular weight excluding hydrogens is 472 g/mol. The molecule has 1 aromatic rings. The minimum absolute atomic E-state index is 0.229. The van der Waals surface area contributed by atoms with E-state index in [9.17, 15) is 39.9 Å². The van der Waals surface area contributed by atoms with E-state index in [1.807, 2.05) is 0 Å². The minimum Gasteiger partial charge on any atom is -0.422 e. The van der Waals surface area contributed by atoms with Crippen LogP contribution in [0.4, 0.5) is 35.1 Å². The maximum atomic E-state index is 14.7. The molecule has 1 unspecified atom stereocenters. The zero-order valence-electron chi connectivity index (χ0n) is 18.8. The van der Waals surface area contributed by atoms with Gasteiger partial charge in [0, 0.05) is 6.42 Å². The fraction of sp³-hybridized carbons (Fsp3) is 0.625. The van der Waals surface area contributed by atoms with Gasteiger partial charge in [-0.1, -0.05) is 64.0 Å². The lowest BCUT2D eigenvalue weighted by Gasteiger charge is -2.26. The maximum absolute atomic E-state index is 14.7. The Bertz CT molecular complexity index is 844. The lowest BCUT2D eigenvalue weighted by Crippen LogP contribution is -2.57. The van der Waals surface area contributed by atoms with Crippen LogP contribution in [0.25, 0.3) is 5.57 Å². The van der Waals surface area contributed by atoms with Crippen LogP contribution in [0, 0.1) is 5.92 Å². The molecule has 0 saturated carbocycles. The van der Waals surface area contributed by atoms with Gasteiger partial charge in [0.2, 0.25) is 0 Å². The number of benzene rings is 1. The number of carbonyl (C=O) groups is 1. The largest absolute Gasteiger partial charge is 0.460 e. The summed E-state index contributed by atoms with van der Waals surface area (Å²) in [5.41, 5.74) is 0.800. The number of allylic oxidation sites excluding steroid dienone is 2. The molecule has 192 valence electrons. The van der Waals surface area contributed by atoms with Gasteiger partial charge in [0.05, 0.1) is 0 Å². The van der Waals surface area contributed by atoms with Crippen LogP contribution in [0.2, 0.25) is 0 Å². The first-order valence-electron chi connectivity index (χ1n) is 11.3. The van der Waals surface area contributed by atoms with Crippen molar-refractivity contribution >= 4 is 11.5 Å². The van der Waals surface area contributed by atoms with Crippen molar-refractivity contribution in [2.75, 3.05) is 0 Å². The van der Waals surface area contributed by atoms with Crippen molar-refractivity contribution in [3.63, 3.8) is 0 Å². The fourth-order valence-electron chi connectivity index (χ4n) is 3.92. The predicted octanol–water partition coefficient (Wildman–Crippen LogP) is 8.66. The first-order chi connectivity index (χ1) is 15.8. The molecule has 34 heavy (non-hydrogen) atoms. The van der Waals surface area contributed by atoms with Crippen LogP contribution < -0.4 is 4.74 Å². The number of alkyl halides is 7. The summed E-state index contributed by atoms with van der Waals surface area (Å²) in [6.45, 7) is 2.15. The molecule has 2 nitrogen and oxygen atoms in total. The second-order valence-corrected chi connectivity index (χ2v) is 8.61. The van der Waals surface area contributed by atoms with Crippen LogP contribution in [0.1, 0.15) is 76.7 Å². The van der Waals surface area contributed by atoms with E-state index in [4.69, 9.17) is 0 Å². The molecule has 0 fully saturated rings. The number of esters is 1. The summed E-state index contributed by atoms with van der Waals surface area (Å²) in [5.74, 6) is -16.5. The smallest absolute Gasteiger partial charge is 0.422 e. The lowest BCUT2D eigenvalue weighted by atomic mass is 9.83. The maximum Gasteiger partial charge on any atom is 0.460 e. The van der Waals surface area contributed by atoms with E-state index >= 15 is 0 Å². The van der Waals surface area contributed by atoms with E-state index < -0.39 is 29.7 Å². The standard InChI is InChI=1S/C24H28F8O2/c1-2-3-4-5-6-7-8-16-9-14-19(20(25)15-16)17-10-12-18(13-11-17)34-21(33)22(26,27)23(28,29)24(30,31)32/h10-13,16H,2-9,14-15H2,1H3. The average molecular weight is 500 g/mol. The van der Waals surface area contributed by atoms with Crippen LogP contribution in [0.5, 0.6) is 5.75 Å². The Kier molecular flexibility index (Phi) is 9.53. The second-order valence-electron chi connectivity index (χ2n) is 8.61. The number of ether oxygens (including phenoxy) is 1. The Labute approximate surface area is 193 Å². The highest BCUT2D eigenvalue weighted by Crippen LogP contribution is 2.47. The SMILES string of the molecule is CCCCCCCCC1CCC(c2ccc(OC(=O)C(F)(F)C(F)(F)C(F)(F)F)cc2)=C(F)C1. The van der Waals surface area contributed by atoms with Crippen molar-refractivity contribution in [2.45, 2.75) is 89.2 Å². The van der Waals surface area contributed by atoms with E-state index in [-0.39, 0.29) is 18.2 Å². The number of halogens is 8. The van der Waals surface area contributed by atoms with Crippen LogP contribution in [-0.2, 0) is 4.79 Å². The topological polar surface area (TPSA) is 26.3 Å². The predicted molar refractivity (Wildman–Crippen MR) is 111 cm³/mol. The summed E-state index contributed by atoms with van der Waals surface area (Å²) in [6.07, 6.45) is 2.69. The van der Waals surface area contributed by atoms with Crippen molar-refractivity contribution in [3.05, 3.63) is 35.7 Å². The summed E-state index contributed by atoms with van der Waals surface area (Å²) < 4.78 is 108. The van der Waals surface area contributed by atoms with Crippen molar-refractivity contribution in [2.24, 2.45) is 5.92 Å². The molecule has 0 aliphatic heterocycles. The van der Waals surface area contributed by atoms with Gasteiger partial charge in [0.1, 0.15) is 11.6 Å². The molecule has 0 aromatic heterocycles. The Hall–Kier alpha value is -2.13. The molecule has 1 aliphatic carbocycles. The molecule has 1 aliphatic rings. The van der Waals surface area contributed by atoms with Gasteiger partial charge in [0.15, 0.2) is 0 Å². The number of unbranched alkanes of at least 4 members (excludes halogenated alkanes) is 5. The van der Waals surface area contributed by atoms with Crippen molar-refractivity contribution in [1.82, 2.24) is 0 Å². The van der Waals surface area contributed by atoms with Crippen molar-refractivity contribution in [3.8, 4) is 5.75 Å². The Balaban J connectivity index is 1.96. The third kappa shape index (κ3) is 6.72. The van der Waals surface area contributed by atoms with Gasteiger partial charge in [-0.25, -0.2) is 9.18 Å². The van der Waals surface area contributed by atoms with E-state index in [1.54, 1.807) is 0 Å². The lowest BCUT2D eigenvalue weighted by molar-refractivity contribution is -0.346. The zero-order chi connectivity index (χ0) is 25.6. The van der Waals surface area contributed by atoms with Gasteiger partial charge in [-0.05, 0) is 42.0 Å². The number of carbonyl (C=O) groups excluding carboxylic acids is 1. The molecule has 0 saturated heterocycles. The molecule has 0 spiro atoms. The molecule has 1 atom stereocenters. The van der Waals surface area contributed by atoms with Gasteiger partial charge in [-0.3, -0.25) is 0 Å². The molecule has 2 rings (SSSR count). The normalized spacial score (nSPS) is 17.7. The van der Waals surface area contributed by atoms with Crippen LogP contribution in [0.3, 0.4) is 0 Å². The average Bonchev–Trinajstić information content (AvgIpc) is 2.76. The van der Waals surface area contributed by atoms with Gasteiger partial charge < -0.3 is 4.74 Å². The highest BCUT2D eigenvalue weighted by molar-refractivity contribution is 5.81. The molecule has 1 aromatic carbocycles. The molecule has 0 bridgehead atoms. The van der Waals surface area contributed by atoms with Crippen LogP contribution >= 0.6 is 0 Å². The molecular formula is C24H28F8O2. The summed E-state index contributed by atoms with van der Waals surface area (Å²) in [7, 11) is 0. The van der Waals surface area contributed by atoms with Crippen LogP contribution in [-0.4, -0.2) is 24.0 Å². The van der Waals surface area contributed by atoms with Gasteiger partial charge in [-0.15, -0.1) is 0 Å². The Morgan fingerprint density at radius 2 is 1.53 bits per heavy atom. The van der Waals surface area contributed by atoms with Crippen molar-refractivity contribution < 1.29 is 44.7 Å². The Morgan fingerprint density at radius 3 is 2.09 bits per heavy atom. The summed E-state index contributed by atoms with van der Waals surface area (Å²) >= 11 is 0. The molecule has 0 heterocycles. The van der Waals surface area contributed by atoms with E-state index in [2.05, 4.69) is 11.7 Å². The van der Waals surface area contributed by atoms with Gasteiger partial charge in [-0.2, -0.15) is 30.7 Å². The molecule has 0 N–H and O–H groups in total. The highest BCUT2D eigenvalue weighted by Gasteiger charge is 2.77. The van der Waals surface area contributed by atoms with Crippen LogP contribution in [0.15, 0.2) is 30.1 Å². The molecule has 0 radical (unpaired) electrons. The summed E-state index contributed by atoms with van der Waals surface area (Å²) in [4.78, 5) is 11.3. The minimum atomic E-state index is -6.64. The van der Waals surface area contributed by atoms with Gasteiger partial charge >= 0.3 is 24.0 Å². The third-order valence-electron chi connectivity index (χ3n) is 5.98. The quantitative estimate of drug-likeness (QED) is 0.132. The molecule has 0 amide bonds. The monoisotopic (exact) mass is 500 g/mol. The van der Waals surface area contributed by atoms with Crippen molar-refractivity contribution in [1.29, 1.82) is 0 Å².